The van der Waals surface area contributed by atoms with Gasteiger partial charge in [-0.2, -0.15) is 5.10 Å². The molecule has 8 heteroatoms. The summed E-state index contributed by atoms with van der Waals surface area (Å²) in [4.78, 5) is 11.1. The van der Waals surface area contributed by atoms with Crippen LogP contribution in [0.2, 0.25) is 0 Å². The summed E-state index contributed by atoms with van der Waals surface area (Å²) in [7, 11) is 0. The number of aryl methyl sites for hydroxylation is 2. The van der Waals surface area contributed by atoms with Gasteiger partial charge >= 0.3 is 0 Å². The Labute approximate surface area is 212 Å². The number of nitrogens with zero attached hydrogens (tertiary/aromatic N) is 3. The van der Waals surface area contributed by atoms with Crippen LogP contribution in [0.15, 0.2) is 42.6 Å². The zero-order valence-corrected chi connectivity index (χ0v) is 21.1. The molecule has 2 fully saturated rings. The van der Waals surface area contributed by atoms with E-state index in [4.69, 9.17) is 19.3 Å². The molecule has 2 aliphatic heterocycles. The van der Waals surface area contributed by atoms with Gasteiger partial charge in [0, 0.05) is 31.4 Å². The molecule has 0 amide bonds. The van der Waals surface area contributed by atoms with Gasteiger partial charge in [-0.1, -0.05) is 30.3 Å². The lowest BCUT2D eigenvalue weighted by atomic mass is 9.71. The second-order valence-electron chi connectivity index (χ2n) is 10.3. The van der Waals surface area contributed by atoms with Gasteiger partial charge in [-0.25, -0.2) is 9.67 Å². The number of rotatable bonds is 8. The summed E-state index contributed by atoms with van der Waals surface area (Å²) in [6.45, 7) is 7.94. The van der Waals surface area contributed by atoms with E-state index in [-0.39, 0.29) is 5.60 Å². The number of hydroxylamine groups is 1. The number of fused-ring (bicyclic) bond motifs is 1. The van der Waals surface area contributed by atoms with Crippen LogP contribution in [0.4, 0.5) is 5.69 Å². The Hall–Kier alpha value is -2.94. The van der Waals surface area contributed by atoms with E-state index in [1.807, 2.05) is 29.1 Å². The second-order valence-corrected chi connectivity index (χ2v) is 10.3. The van der Waals surface area contributed by atoms with Gasteiger partial charge in [-0.15, -0.1) is 0 Å². The number of hydrogen-bond donors (Lipinski definition) is 2. The zero-order valence-electron chi connectivity index (χ0n) is 21.1. The summed E-state index contributed by atoms with van der Waals surface area (Å²) in [5, 5.41) is 9.48. The molecule has 0 radical (unpaired) electrons. The third-order valence-electron chi connectivity index (χ3n) is 7.61. The molecule has 4 heterocycles. The maximum atomic E-state index is 6.18. The maximum absolute atomic E-state index is 6.18. The minimum Gasteiger partial charge on any atom is -0.381 e. The van der Waals surface area contributed by atoms with Crippen molar-refractivity contribution in [1.82, 2.24) is 20.2 Å². The van der Waals surface area contributed by atoms with Gasteiger partial charge in [-0.05, 0) is 57.1 Å². The highest BCUT2D eigenvalue weighted by Crippen LogP contribution is 2.47. The van der Waals surface area contributed by atoms with Crippen LogP contribution < -0.4 is 10.8 Å². The first-order valence-corrected chi connectivity index (χ1v) is 13.1. The lowest BCUT2D eigenvalue weighted by Gasteiger charge is -2.41. The van der Waals surface area contributed by atoms with Crippen molar-refractivity contribution < 1.29 is 14.3 Å². The van der Waals surface area contributed by atoms with E-state index in [1.54, 1.807) is 0 Å². The fourth-order valence-electron chi connectivity index (χ4n) is 5.72. The number of ether oxygens (including phenoxy) is 2. The van der Waals surface area contributed by atoms with Crippen LogP contribution in [0.5, 0.6) is 0 Å². The lowest BCUT2D eigenvalue weighted by Crippen LogP contribution is -2.45. The number of hydrogen-bond acceptors (Lipinski definition) is 7. The number of nitrogens with one attached hydrogen (secondary N) is 2. The van der Waals surface area contributed by atoms with Gasteiger partial charge in [0.15, 0.2) is 5.65 Å². The number of anilines is 1. The first-order chi connectivity index (χ1) is 17.6. The minimum atomic E-state index is -0.277. The van der Waals surface area contributed by atoms with Gasteiger partial charge in [0.2, 0.25) is 0 Å². The van der Waals surface area contributed by atoms with Crippen molar-refractivity contribution in [3.05, 3.63) is 59.4 Å². The molecular weight excluding hydrogens is 454 g/mol. The van der Waals surface area contributed by atoms with Gasteiger partial charge in [0.1, 0.15) is 5.60 Å². The Kier molecular flexibility index (Phi) is 6.41. The Morgan fingerprint density at radius 1 is 1.19 bits per heavy atom. The minimum absolute atomic E-state index is 0.277. The summed E-state index contributed by atoms with van der Waals surface area (Å²) in [6, 6.07) is 10.7. The smallest absolute Gasteiger partial charge is 0.160 e. The van der Waals surface area contributed by atoms with Crippen molar-refractivity contribution in [3.63, 3.8) is 0 Å². The molecule has 2 N–H and O–H groups in total. The van der Waals surface area contributed by atoms with Crippen LogP contribution in [0.3, 0.4) is 0 Å². The Balaban J connectivity index is 1.21. The number of pyridine rings is 1. The molecule has 36 heavy (non-hydrogen) atoms. The molecule has 1 saturated heterocycles. The highest BCUT2D eigenvalue weighted by atomic mass is 16.7. The van der Waals surface area contributed by atoms with E-state index in [0.29, 0.717) is 18.6 Å². The van der Waals surface area contributed by atoms with E-state index in [1.165, 1.54) is 5.56 Å². The highest BCUT2D eigenvalue weighted by Gasteiger charge is 2.48. The standard InChI is InChI=1S/C28H35N5O3/c1-3-33-27-23(16-29-33)26(31-22-9-11-34-12-10-22)25(19(2)30-27)24-15-28(36-32-24)13-21(14-28)18-35-17-20-7-5-4-6-8-20/h4-8,15-16,21-22,32H,3,9-14,17-18H2,1-2H3,(H,30,31). The zero-order chi connectivity index (χ0) is 24.5. The molecule has 3 aromatic rings. The summed E-state index contributed by atoms with van der Waals surface area (Å²) < 4.78 is 13.5. The van der Waals surface area contributed by atoms with E-state index >= 15 is 0 Å². The average molecular weight is 490 g/mol. The van der Waals surface area contributed by atoms with E-state index < -0.39 is 0 Å². The molecule has 0 unspecified atom stereocenters. The highest BCUT2D eigenvalue weighted by molar-refractivity contribution is 5.97. The summed E-state index contributed by atoms with van der Waals surface area (Å²) in [6.07, 6.45) is 8.07. The lowest BCUT2D eigenvalue weighted by molar-refractivity contribution is -0.125. The van der Waals surface area contributed by atoms with Crippen molar-refractivity contribution >= 4 is 22.4 Å². The Bertz CT molecular complexity index is 1240. The molecule has 3 aliphatic rings. The molecule has 8 nitrogen and oxygen atoms in total. The largest absolute Gasteiger partial charge is 0.381 e. The van der Waals surface area contributed by atoms with Crippen molar-refractivity contribution in [3.8, 4) is 0 Å². The van der Waals surface area contributed by atoms with Gasteiger partial charge in [0.05, 0.1) is 41.9 Å². The van der Waals surface area contributed by atoms with E-state index in [2.05, 4.69) is 48.0 Å². The molecule has 1 aromatic carbocycles. The summed E-state index contributed by atoms with van der Waals surface area (Å²) in [5.74, 6) is 0.496. The molecule has 0 atom stereocenters. The molecular formula is C28H35N5O3. The first-order valence-electron chi connectivity index (χ1n) is 13.1. The topological polar surface area (TPSA) is 82.5 Å². The van der Waals surface area contributed by atoms with Crippen LogP contribution in [-0.2, 0) is 27.5 Å². The van der Waals surface area contributed by atoms with Crippen LogP contribution in [0, 0.1) is 12.8 Å². The summed E-state index contributed by atoms with van der Waals surface area (Å²) >= 11 is 0. The molecule has 1 saturated carbocycles. The fraction of sp³-hybridized carbons (Fsp3) is 0.500. The fourth-order valence-corrected chi connectivity index (χ4v) is 5.72. The van der Waals surface area contributed by atoms with E-state index in [9.17, 15) is 0 Å². The molecule has 6 rings (SSSR count). The van der Waals surface area contributed by atoms with Crippen LogP contribution in [-0.4, -0.2) is 46.2 Å². The third-order valence-corrected chi connectivity index (χ3v) is 7.61. The summed E-state index contributed by atoms with van der Waals surface area (Å²) in [5.41, 5.74) is 9.23. The number of benzene rings is 1. The quantitative estimate of drug-likeness (QED) is 0.479. The molecule has 1 spiro atoms. The first kappa shape index (κ1) is 23.5. The maximum Gasteiger partial charge on any atom is 0.160 e. The normalized spacial score (nSPS) is 24.1. The van der Waals surface area contributed by atoms with Crippen molar-refractivity contribution in [2.24, 2.45) is 5.92 Å². The van der Waals surface area contributed by atoms with Crippen LogP contribution in [0.25, 0.3) is 16.7 Å². The molecule has 1 aliphatic carbocycles. The molecule has 0 bridgehead atoms. The Morgan fingerprint density at radius 3 is 2.78 bits per heavy atom. The van der Waals surface area contributed by atoms with Gasteiger partial charge in [-0.3, -0.25) is 10.3 Å². The second kappa shape index (κ2) is 9.84. The average Bonchev–Trinajstić information content (AvgIpc) is 3.50. The number of aromatic nitrogens is 3. The van der Waals surface area contributed by atoms with Crippen LogP contribution in [0.1, 0.15) is 49.4 Å². The monoisotopic (exact) mass is 489 g/mol. The SMILES string of the molecule is CCn1ncc2c(NC3CCOCC3)c(C3=CC4(CC(COCc5ccccc5)C4)ON3)c(C)nc21. The molecule has 2 aromatic heterocycles. The van der Waals surface area contributed by atoms with Crippen molar-refractivity contribution in [2.75, 3.05) is 25.1 Å². The third kappa shape index (κ3) is 4.49. The van der Waals surface area contributed by atoms with Crippen molar-refractivity contribution in [1.29, 1.82) is 0 Å². The van der Waals surface area contributed by atoms with Gasteiger partial charge in [0.25, 0.3) is 0 Å². The molecule has 190 valence electrons. The van der Waals surface area contributed by atoms with E-state index in [0.717, 1.165) is 85.7 Å². The van der Waals surface area contributed by atoms with Gasteiger partial charge < -0.3 is 14.8 Å². The van der Waals surface area contributed by atoms with Crippen molar-refractivity contribution in [2.45, 2.75) is 64.3 Å². The Morgan fingerprint density at radius 2 is 2.00 bits per heavy atom. The van der Waals surface area contributed by atoms with Crippen LogP contribution >= 0.6 is 0 Å². The predicted molar refractivity (Wildman–Crippen MR) is 139 cm³/mol. The predicted octanol–water partition coefficient (Wildman–Crippen LogP) is 4.59.